The number of rotatable bonds is 3. The molecule has 9 nitrogen and oxygen atoms in total. The molecule has 0 amide bonds. The van der Waals surface area contributed by atoms with E-state index in [1.807, 2.05) is 0 Å². The topological polar surface area (TPSA) is 154 Å². The zero-order valence-electron chi connectivity index (χ0n) is 13.5. The van der Waals surface area contributed by atoms with Gasteiger partial charge in [0.1, 0.15) is 0 Å². The van der Waals surface area contributed by atoms with Gasteiger partial charge in [-0.05, 0) is 12.1 Å². The predicted molar refractivity (Wildman–Crippen MR) is 64.4 cm³/mol. The number of carbonyl (C=O) groups excluding carboxylic acids is 1. The molecule has 0 heterocycles. The maximum Gasteiger partial charge on any atom is 2.00 e. The minimum absolute atomic E-state index is 0. The number of carboxylic acid groups (broad SMARTS) is 1. The Hall–Kier alpha value is -0.209. The third-order valence-electron chi connectivity index (χ3n) is 1.55. The first-order valence-electron chi connectivity index (χ1n) is 4.28. The van der Waals surface area contributed by atoms with Gasteiger partial charge in [0.2, 0.25) is 0 Å². The van der Waals surface area contributed by atoms with Crippen molar-refractivity contribution in [3.05, 3.63) is 35.4 Å². The number of aromatic carboxylic acids is 1. The Kier molecular flexibility index (Phi) is 17.1. The number of benzene rings is 1. The first kappa shape index (κ1) is 24.8. The van der Waals surface area contributed by atoms with Crippen LogP contribution in [0.5, 0.6) is 0 Å². The second-order valence-electron chi connectivity index (χ2n) is 2.66. The summed E-state index contributed by atoms with van der Waals surface area (Å²) in [7, 11) is -2.06. The molecule has 0 aliphatic carbocycles. The van der Waals surface area contributed by atoms with Crippen molar-refractivity contribution in [2.45, 2.75) is 0 Å². The van der Waals surface area contributed by atoms with E-state index in [0.717, 1.165) is 0 Å². The normalized spacial score (nSPS) is 8.00. The van der Waals surface area contributed by atoms with E-state index in [4.69, 9.17) is 25.7 Å². The van der Waals surface area contributed by atoms with Gasteiger partial charge in [-0.15, -0.1) is 0 Å². The average Bonchev–Trinajstić information content (AvgIpc) is 2.38. The summed E-state index contributed by atoms with van der Waals surface area (Å²) in [5.41, 5.74) is -0.390. The van der Waals surface area contributed by atoms with E-state index >= 15 is 0 Å². The van der Waals surface area contributed by atoms with Crippen LogP contribution in [0.4, 0.5) is 0 Å². The van der Waals surface area contributed by atoms with Crippen LogP contribution in [0.25, 0.3) is 0 Å². The van der Waals surface area contributed by atoms with Gasteiger partial charge in [-0.1, -0.05) is 12.1 Å². The van der Waals surface area contributed by atoms with Crippen molar-refractivity contribution in [3.8, 4) is 0 Å². The summed E-state index contributed by atoms with van der Waals surface area (Å²) in [6.45, 7) is 0. The SMILES string of the molecule is O=C(O)c1ccccc1C(=O)OO.OOB(O)O.[H-].[H-].[H-].[Mg+2].[Na+]. The maximum atomic E-state index is 10.8. The van der Waals surface area contributed by atoms with Gasteiger partial charge in [0.05, 0.1) is 11.1 Å². The molecule has 0 saturated heterocycles. The maximum absolute atomic E-state index is 10.8. The van der Waals surface area contributed by atoms with Crippen molar-refractivity contribution < 1.29 is 78.8 Å². The van der Waals surface area contributed by atoms with Crippen LogP contribution in [0.1, 0.15) is 25.0 Å². The summed E-state index contributed by atoms with van der Waals surface area (Å²) < 4.78 is 0. The van der Waals surface area contributed by atoms with Crippen molar-refractivity contribution >= 4 is 42.3 Å². The molecule has 0 fully saturated rings. The predicted octanol–water partition coefficient (Wildman–Crippen LogP) is -3.58. The van der Waals surface area contributed by atoms with E-state index in [9.17, 15) is 9.59 Å². The summed E-state index contributed by atoms with van der Waals surface area (Å²) >= 11 is 0. The zero-order chi connectivity index (χ0) is 14.1. The standard InChI is InChI=1S/C8H6O5.BH3O4.Mg.Na.3H/c9-7(10)5-3-1-2-4-6(5)8(11)13-12;2-1(3)5-4;;;;;/h1-4,12H,(H,9,10);2-4H;;;;;/q;;+2;+1;3*-1. The molecule has 20 heavy (non-hydrogen) atoms. The largest absolute Gasteiger partial charge is 2.00 e. The van der Waals surface area contributed by atoms with Gasteiger partial charge in [0.25, 0.3) is 0 Å². The first-order chi connectivity index (χ1) is 8.43. The molecule has 0 atom stereocenters. The zero-order valence-corrected chi connectivity index (χ0v) is 13.9. The quantitative estimate of drug-likeness (QED) is 0.216. The van der Waals surface area contributed by atoms with Crippen LogP contribution < -0.4 is 29.6 Å². The Balaban J connectivity index is -0.0000000647. The van der Waals surface area contributed by atoms with Gasteiger partial charge in [-0.3, -0.25) is 10.1 Å². The van der Waals surface area contributed by atoms with Crippen LogP contribution in [0.15, 0.2) is 24.3 Å². The van der Waals surface area contributed by atoms with Gasteiger partial charge in [0.15, 0.2) is 0 Å². The first-order valence-corrected chi connectivity index (χ1v) is 4.28. The second kappa shape index (κ2) is 13.8. The molecular weight excluding hydrogens is 298 g/mol. The Labute approximate surface area is 156 Å². The molecule has 0 aliphatic heterocycles. The third kappa shape index (κ3) is 9.66. The van der Waals surface area contributed by atoms with Crippen LogP contribution in [0.3, 0.4) is 0 Å². The fourth-order valence-corrected chi connectivity index (χ4v) is 0.897. The van der Waals surface area contributed by atoms with Gasteiger partial charge in [0, 0.05) is 0 Å². The van der Waals surface area contributed by atoms with E-state index in [0.29, 0.717) is 0 Å². The van der Waals surface area contributed by atoms with Crippen molar-refractivity contribution in [1.29, 1.82) is 0 Å². The van der Waals surface area contributed by atoms with Crippen LogP contribution in [-0.4, -0.2) is 68.0 Å². The summed E-state index contributed by atoms with van der Waals surface area (Å²) in [4.78, 5) is 27.6. The van der Waals surface area contributed by atoms with E-state index in [1.165, 1.54) is 24.3 Å². The fourth-order valence-electron chi connectivity index (χ4n) is 0.897. The Morgan fingerprint density at radius 1 is 1.10 bits per heavy atom. The summed E-state index contributed by atoms with van der Waals surface area (Å²) in [5, 5.41) is 38.7. The summed E-state index contributed by atoms with van der Waals surface area (Å²) in [6.07, 6.45) is 0. The van der Waals surface area contributed by atoms with Crippen molar-refractivity contribution in [3.63, 3.8) is 0 Å². The average molecular weight is 310 g/mol. The molecule has 0 bridgehead atoms. The molecule has 104 valence electrons. The fraction of sp³-hybridized carbons (Fsp3) is 0. The van der Waals surface area contributed by atoms with Crippen molar-refractivity contribution in [2.24, 2.45) is 0 Å². The Bertz CT molecular complexity index is 430. The number of hydrogen-bond donors (Lipinski definition) is 5. The van der Waals surface area contributed by atoms with Crippen LogP contribution >= 0.6 is 0 Å². The van der Waals surface area contributed by atoms with Crippen LogP contribution in [-0.2, 0) is 9.69 Å². The molecule has 0 radical (unpaired) electrons. The van der Waals surface area contributed by atoms with E-state index in [2.05, 4.69) is 9.69 Å². The van der Waals surface area contributed by atoms with Gasteiger partial charge in [-0.2, -0.15) is 5.26 Å². The molecule has 1 aromatic carbocycles. The third-order valence-corrected chi connectivity index (χ3v) is 1.55. The van der Waals surface area contributed by atoms with Crippen LogP contribution in [0.2, 0.25) is 0 Å². The molecule has 12 heteroatoms. The number of carbonyl (C=O) groups is 2. The Morgan fingerprint density at radius 2 is 1.50 bits per heavy atom. The minimum Gasteiger partial charge on any atom is -1.00 e. The van der Waals surface area contributed by atoms with Gasteiger partial charge >= 0.3 is 71.9 Å². The summed E-state index contributed by atoms with van der Waals surface area (Å²) in [6, 6.07) is 5.44. The smallest absolute Gasteiger partial charge is 1.00 e. The molecule has 0 aliphatic rings. The van der Waals surface area contributed by atoms with E-state index < -0.39 is 19.3 Å². The molecule has 0 unspecified atom stereocenters. The number of hydrogen-bond acceptors (Lipinski definition) is 8. The van der Waals surface area contributed by atoms with E-state index in [-0.39, 0.29) is 68.0 Å². The molecule has 0 spiro atoms. The van der Waals surface area contributed by atoms with Crippen LogP contribution in [0, 0.1) is 0 Å². The van der Waals surface area contributed by atoms with Crippen molar-refractivity contribution in [1.82, 2.24) is 0 Å². The van der Waals surface area contributed by atoms with Gasteiger partial charge in [-0.25, -0.2) is 14.4 Å². The number of carboxylic acids is 1. The molecule has 0 aromatic heterocycles. The molecule has 1 rings (SSSR count). The minimum atomic E-state index is -2.06. The van der Waals surface area contributed by atoms with E-state index in [1.54, 1.807) is 0 Å². The second-order valence-corrected chi connectivity index (χ2v) is 2.66. The van der Waals surface area contributed by atoms with Crippen molar-refractivity contribution in [2.75, 3.05) is 0 Å². The molecular formula is C8H12BMgNaO9. The monoisotopic (exact) mass is 310 g/mol. The van der Waals surface area contributed by atoms with Gasteiger partial charge < -0.3 is 19.4 Å². The molecule has 5 N–H and O–H groups in total. The summed E-state index contributed by atoms with van der Waals surface area (Å²) in [5.74, 6) is -2.33. The molecule has 1 aromatic rings. The molecule has 0 saturated carbocycles. The Morgan fingerprint density at radius 3 is 1.80 bits per heavy atom.